The van der Waals surface area contributed by atoms with E-state index >= 15 is 0 Å². The highest BCUT2D eigenvalue weighted by Gasteiger charge is 2.35. The van der Waals surface area contributed by atoms with Gasteiger partial charge >= 0.3 is 0 Å². The van der Waals surface area contributed by atoms with Crippen LogP contribution in [0.5, 0.6) is 0 Å². The number of nitrogens with zero attached hydrogens (tertiary/aromatic N) is 1. The van der Waals surface area contributed by atoms with Crippen molar-refractivity contribution in [3.8, 4) is 0 Å². The highest BCUT2D eigenvalue weighted by atomic mass is 16.2. The first-order valence-corrected chi connectivity index (χ1v) is 8.32. The molecule has 0 spiro atoms. The summed E-state index contributed by atoms with van der Waals surface area (Å²) in [5.74, 6) is -0.0415. The zero-order valence-electron chi connectivity index (χ0n) is 13.3. The molecule has 1 aromatic carbocycles. The number of nitrogens with one attached hydrogen (secondary N) is 1. The van der Waals surface area contributed by atoms with E-state index in [-0.39, 0.29) is 5.91 Å². The van der Waals surface area contributed by atoms with Crippen LogP contribution in [0.25, 0.3) is 10.9 Å². The average Bonchev–Trinajstić information content (AvgIpc) is 2.91. The molecule has 1 aliphatic carbocycles. The molecular weight excluding hydrogens is 274 g/mol. The Labute approximate surface area is 131 Å². The van der Waals surface area contributed by atoms with Crippen molar-refractivity contribution >= 4 is 22.5 Å². The largest absolute Gasteiger partial charge is 0.347 e. The van der Waals surface area contributed by atoms with E-state index in [9.17, 15) is 4.79 Å². The molecule has 0 saturated heterocycles. The Morgan fingerprint density at radius 1 is 1.27 bits per heavy atom. The predicted molar refractivity (Wildman–Crippen MR) is 90.9 cm³/mol. The Morgan fingerprint density at radius 2 is 2.05 bits per heavy atom. The highest BCUT2D eigenvalue weighted by Crippen LogP contribution is 2.28. The first-order chi connectivity index (χ1) is 10.6. The smallest absolute Gasteiger partial charge is 0.244 e. The van der Waals surface area contributed by atoms with E-state index in [1.54, 1.807) is 0 Å². The summed E-state index contributed by atoms with van der Waals surface area (Å²) in [6.07, 6.45) is 8.03. The molecule has 1 heterocycles. The number of amides is 1. The van der Waals surface area contributed by atoms with Crippen molar-refractivity contribution in [2.45, 2.75) is 57.5 Å². The van der Waals surface area contributed by atoms with Crippen LogP contribution in [0, 0.1) is 0 Å². The van der Waals surface area contributed by atoms with E-state index in [2.05, 4.69) is 41.2 Å². The van der Waals surface area contributed by atoms with E-state index in [0.29, 0.717) is 0 Å². The Balaban J connectivity index is 1.81. The average molecular weight is 299 g/mol. The molecule has 1 aromatic heterocycles. The monoisotopic (exact) mass is 299 g/mol. The van der Waals surface area contributed by atoms with Gasteiger partial charge in [-0.2, -0.15) is 0 Å². The molecule has 2 aromatic rings. The van der Waals surface area contributed by atoms with Gasteiger partial charge < -0.3 is 15.6 Å². The zero-order valence-corrected chi connectivity index (χ0v) is 13.3. The number of aryl methyl sites for hydroxylation is 1. The second-order valence-electron chi connectivity index (χ2n) is 6.45. The van der Waals surface area contributed by atoms with Crippen LogP contribution in [0.3, 0.4) is 0 Å². The van der Waals surface area contributed by atoms with E-state index in [1.807, 2.05) is 6.07 Å². The van der Waals surface area contributed by atoms with Gasteiger partial charge in [0.1, 0.15) is 0 Å². The van der Waals surface area contributed by atoms with Crippen LogP contribution in [0.2, 0.25) is 0 Å². The topological polar surface area (TPSA) is 60.0 Å². The molecule has 4 heteroatoms. The fourth-order valence-corrected chi connectivity index (χ4v) is 3.36. The quantitative estimate of drug-likeness (QED) is 0.905. The fraction of sp³-hybridized carbons (Fsp3) is 0.500. The van der Waals surface area contributed by atoms with Gasteiger partial charge in [0.25, 0.3) is 0 Å². The van der Waals surface area contributed by atoms with Crippen LogP contribution in [0.15, 0.2) is 30.5 Å². The predicted octanol–water partition coefficient (Wildman–Crippen LogP) is 3.65. The van der Waals surface area contributed by atoms with Gasteiger partial charge in [0.05, 0.1) is 11.1 Å². The number of fused-ring (bicyclic) bond motifs is 1. The fourth-order valence-electron chi connectivity index (χ4n) is 3.36. The molecule has 118 valence electrons. The molecule has 1 saturated carbocycles. The molecule has 0 bridgehead atoms. The van der Waals surface area contributed by atoms with Gasteiger partial charge in [-0.15, -0.1) is 0 Å². The molecule has 0 unspecified atom stereocenters. The lowest BCUT2D eigenvalue weighted by Gasteiger charge is -2.31. The summed E-state index contributed by atoms with van der Waals surface area (Å²) in [4.78, 5) is 12.5. The standard InChI is InChI=1S/C18H25N3O/c1-2-11-21-12-8-14-6-7-15(13-16(14)21)20-17(22)18(19)9-4-3-5-10-18/h6-8,12-13H,2-5,9-11,19H2,1H3,(H,20,22). The lowest BCUT2D eigenvalue weighted by molar-refractivity contribution is -0.122. The van der Waals surface area contributed by atoms with Crippen molar-refractivity contribution in [1.29, 1.82) is 0 Å². The number of hydrogen-bond acceptors (Lipinski definition) is 2. The van der Waals surface area contributed by atoms with Crippen molar-refractivity contribution < 1.29 is 4.79 Å². The Kier molecular flexibility index (Phi) is 4.21. The van der Waals surface area contributed by atoms with Crippen LogP contribution in [-0.2, 0) is 11.3 Å². The van der Waals surface area contributed by atoms with Crippen molar-refractivity contribution in [2.75, 3.05) is 5.32 Å². The summed E-state index contributed by atoms with van der Waals surface area (Å²) in [5.41, 5.74) is 7.61. The molecule has 0 radical (unpaired) electrons. The van der Waals surface area contributed by atoms with Crippen LogP contribution in [0.4, 0.5) is 5.69 Å². The summed E-state index contributed by atoms with van der Waals surface area (Å²) >= 11 is 0. The number of hydrogen-bond donors (Lipinski definition) is 2. The van der Waals surface area contributed by atoms with Gasteiger partial charge in [-0.1, -0.05) is 32.3 Å². The third-order valence-electron chi connectivity index (χ3n) is 4.69. The van der Waals surface area contributed by atoms with E-state index in [4.69, 9.17) is 5.73 Å². The van der Waals surface area contributed by atoms with Crippen LogP contribution < -0.4 is 11.1 Å². The molecule has 3 rings (SSSR count). The molecule has 3 N–H and O–H groups in total. The number of anilines is 1. The van der Waals surface area contributed by atoms with Crippen molar-refractivity contribution in [3.63, 3.8) is 0 Å². The zero-order chi connectivity index (χ0) is 15.6. The third kappa shape index (κ3) is 2.88. The molecule has 0 atom stereocenters. The normalized spacial score (nSPS) is 17.5. The van der Waals surface area contributed by atoms with E-state index in [0.717, 1.165) is 49.9 Å². The van der Waals surface area contributed by atoms with Crippen molar-refractivity contribution in [2.24, 2.45) is 5.73 Å². The van der Waals surface area contributed by atoms with E-state index in [1.165, 1.54) is 11.8 Å². The number of carbonyl (C=O) groups is 1. The maximum Gasteiger partial charge on any atom is 0.244 e. The van der Waals surface area contributed by atoms with Gasteiger partial charge in [0.2, 0.25) is 5.91 Å². The molecule has 1 amide bonds. The van der Waals surface area contributed by atoms with Crippen LogP contribution in [-0.4, -0.2) is 16.0 Å². The summed E-state index contributed by atoms with van der Waals surface area (Å²) in [5, 5.41) is 4.23. The minimum absolute atomic E-state index is 0.0415. The first kappa shape index (κ1) is 15.1. The molecule has 22 heavy (non-hydrogen) atoms. The second-order valence-corrected chi connectivity index (χ2v) is 6.45. The number of benzene rings is 1. The van der Waals surface area contributed by atoms with E-state index < -0.39 is 5.54 Å². The first-order valence-electron chi connectivity index (χ1n) is 8.32. The SMILES string of the molecule is CCCn1ccc2ccc(NC(=O)C3(N)CCCCC3)cc21. The Morgan fingerprint density at radius 3 is 2.77 bits per heavy atom. The maximum atomic E-state index is 12.5. The second kappa shape index (κ2) is 6.13. The Bertz CT molecular complexity index is 668. The van der Waals surface area contributed by atoms with Gasteiger partial charge in [0, 0.05) is 18.4 Å². The van der Waals surface area contributed by atoms with Gasteiger partial charge in [0.15, 0.2) is 0 Å². The minimum atomic E-state index is -0.696. The molecule has 1 aliphatic rings. The molecular formula is C18H25N3O. The van der Waals surface area contributed by atoms with Crippen LogP contribution in [0.1, 0.15) is 45.4 Å². The van der Waals surface area contributed by atoms with Gasteiger partial charge in [-0.25, -0.2) is 0 Å². The number of rotatable bonds is 4. The number of aromatic nitrogens is 1. The number of carbonyl (C=O) groups excluding carboxylic acids is 1. The van der Waals surface area contributed by atoms with Crippen LogP contribution >= 0.6 is 0 Å². The third-order valence-corrected chi connectivity index (χ3v) is 4.69. The molecule has 4 nitrogen and oxygen atoms in total. The van der Waals surface area contributed by atoms with Gasteiger partial charge in [-0.05, 0) is 42.8 Å². The molecule has 1 fully saturated rings. The maximum absolute atomic E-state index is 12.5. The summed E-state index contributed by atoms with van der Waals surface area (Å²) < 4.78 is 2.23. The molecule has 0 aliphatic heterocycles. The number of nitrogens with two attached hydrogens (primary N) is 1. The van der Waals surface area contributed by atoms with Gasteiger partial charge in [-0.3, -0.25) is 4.79 Å². The lowest BCUT2D eigenvalue weighted by Crippen LogP contribution is -2.52. The highest BCUT2D eigenvalue weighted by molar-refractivity contribution is 5.99. The summed E-state index contributed by atoms with van der Waals surface area (Å²) in [6, 6.07) is 8.18. The summed E-state index contributed by atoms with van der Waals surface area (Å²) in [7, 11) is 0. The van der Waals surface area contributed by atoms with Crippen molar-refractivity contribution in [3.05, 3.63) is 30.5 Å². The Hall–Kier alpha value is -1.81. The lowest BCUT2D eigenvalue weighted by atomic mass is 9.82. The van der Waals surface area contributed by atoms with Crippen molar-refractivity contribution in [1.82, 2.24) is 4.57 Å². The summed E-state index contributed by atoms with van der Waals surface area (Å²) in [6.45, 7) is 3.15. The minimum Gasteiger partial charge on any atom is -0.347 e.